The van der Waals surface area contributed by atoms with Gasteiger partial charge in [-0.3, -0.25) is 0 Å². The Labute approximate surface area is 121 Å². The molecule has 2 N–H and O–H groups in total. The predicted molar refractivity (Wildman–Crippen MR) is 84.7 cm³/mol. The van der Waals surface area contributed by atoms with Crippen LogP contribution in [0.3, 0.4) is 0 Å². The van der Waals surface area contributed by atoms with Crippen LogP contribution in [0.5, 0.6) is 0 Å². The van der Waals surface area contributed by atoms with Gasteiger partial charge in [0, 0.05) is 19.3 Å². The molecule has 1 saturated carbocycles. The van der Waals surface area contributed by atoms with Crippen LogP contribution < -0.4 is 10.6 Å². The van der Waals surface area contributed by atoms with E-state index in [0.29, 0.717) is 11.0 Å². The minimum absolute atomic E-state index is 0.441. The number of thiocarbonyl (C=S) groups is 1. The topological polar surface area (TPSA) is 42.2 Å². The third kappa shape index (κ3) is 3.06. The molecule has 0 saturated heterocycles. The summed E-state index contributed by atoms with van der Waals surface area (Å²) in [6.07, 6.45) is 6.88. The molecule has 19 heavy (non-hydrogen) atoms. The van der Waals surface area contributed by atoms with E-state index in [1.807, 2.05) is 19.2 Å². The van der Waals surface area contributed by atoms with E-state index in [1.54, 1.807) is 0 Å². The van der Waals surface area contributed by atoms with Gasteiger partial charge >= 0.3 is 0 Å². The second-order valence-corrected chi connectivity index (χ2v) is 6.16. The van der Waals surface area contributed by atoms with Crippen molar-refractivity contribution in [1.82, 2.24) is 4.98 Å². The van der Waals surface area contributed by atoms with Crippen LogP contribution in [-0.2, 0) is 0 Å². The fraction of sp³-hybridized carbons (Fsp3) is 0.600. The molecule has 1 aromatic heterocycles. The zero-order chi connectivity index (χ0) is 14.0. The van der Waals surface area contributed by atoms with Crippen LogP contribution in [-0.4, -0.2) is 23.1 Å². The highest BCUT2D eigenvalue weighted by atomic mass is 32.1. The number of rotatable bonds is 3. The first-order chi connectivity index (χ1) is 9.00. The van der Waals surface area contributed by atoms with Gasteiger partial charge in [0.25, 0.3) is 0 Å². The van der Waals surface area contributed by atoms with Crippen molar-refractivity contribution >= 4 is 23.0 Å². The van der Waals surface area contributed by atoms with Gasteiger partial charge in [-0.25, -0.2) is 4.98 Å². The first-order valence-corrected chi connectivity index (χ1v) is 7.39. The Bertz CT molecular complexity index is 464. The van der Waals surface area contributed by atoms with Gasteiger partial charge in [-0.1, -0.05) is 19.1 Å². The van der Waals surface area contributed by atoms with E-state index < -0.39 is 0 Å². The minimum atomic E-state index is 0.441. The van der Waals surface area contributed by atoms with E-state index in [2.05, 4.69) is 23.9 Å². The molecule has 1 fully saturated rings. The van der Waals surface area contributed by atoms with E-state index in [1.165, 1.54) is 25.7 Å². The van der Waals surface area contributed by atoms with Crippen molar-refractivity contribution in [2.75, 3.05) is 11.9 Å². The van der Waals surface area contributed by atoms with Gasteiger partial charge in [0.1, 0.15) is 10.8 Å². The predicted octanol–water partition coefficient (Wildman–Crippen LogP) is 3.04. The summed E-state index contributed by atoms with van der Waals surface area (Å²) in [5.74, 6) is 1.79. The number of hydrogen-bond acceptors (Lipinski definition) is 3. The van der Waals surface area contributed by atoms with Crippen molar-refractivity contribution in [2.45, 2.75) is 45.6 Å². The van der Waals surface area contributed by atoms with E-state index in [-0.39, 0.29) is 0 Å². The molecule has 104 valence electrons. The largest absolute Gasteiger partial charge is 0.389 e. The first-order valence-electron chi connectivity index (χ1n) is 6.99. The number of hydrogen-bond donors (Lipinski definition) is 1. The summed E-state index contributed by atoms with van der Waals surface area (Å²) >= 11 is 5.19. The fourth-order valence-electron chi connectivity index (χ4n) is 2.92. The number of pyridine rings is 1. The Kier molecular flexibility index (Phi) is 4.40. The van der Waals surface area contributed by atoms with Crippen LogP contribution >= 0.6 is 12.2 Å². The minimum Gasteiger partial charge on any atom is -0.389 e. The summed E-state index contributed by atoms with van der Waals surface area (Å²) in [6.45, 7) is 4.37. The molecular formula is C15H23N3S. The van der Waals surface area contributed by atoms with Crippen molar-refractivity contribution in [2.24, 2.45) is 11.7 Å². The van der Waals surface area contributed by atoms with E-state index in [0.717, 1.165) is 22.9 Å². The summed E-state index contributed by atoms with van der Waals surface area (Å²) in [5, 5.41) is 0. The highest BCUT2D eigenvalue weighted by Gasteiger charge is 2.24. The standard InChI is InChI=1S/C15H23N3S/c1-10-4-6-12(7-5-10)18(3)15-13(14(16)19)11(2)8-9-17-15/h8-10,12H,4-7H2,1-3H3,(H2,16,19). The van der Waals surface area contributed by atoms with Crippen LogP contribution in [0.4, 0.5) is 5.82 Å². The lowest BCUT2D eigenvalue weighted by atomic mass is 9.86. The van der Waals surface area contributed by atoms with Gasteiger partial charge in [0.05, 0.1) is 5.56 Å². The Morgan fingerprint density at radius 3 is 2.58 bits per heavy atom. The van der Waals surface area contributed by atoms with Gasteiger partial charge in [-0.15, -0.1) is 0 Å². The van der Waals surface area contributed by atoms with Gasteiger partial charge < -0.3 is 10.6 Å². The number of aryl methyl sites for hydroxylation is 1. The monoisotopic (exact) mass is 277 g/mol. The average molecular weight is 277 g/mol. The Hall–Kier alpha value is -1.16. The number of aromatic nitrogens is 1. The van der Waals surface area contributed by atoms with E-state index in [4.69, 9.17) is 18.0 Å². The molecule has 1 aliphatic carbocycles. The van der Waals surface area contributed by atoms with Crippen LogP contribution in [0.25, 0.3) is 0 Å². The molecule has 1 aromatic rings. The zero-order valence-electron chi connectivity index (χ0n) is 12.0. The van der Waals surface area contributed by atoms with Crippen LogP contribution in [0, 0.1) is 12.8 Å². The van der Waals surface area contributed by atoms with Crippen LogP contribution in [0.15, 0.2) is 12.3 Å². The second kappa shape index (κ2) is 5.87. The van der Waals surface area contributed by atoms with Gasteiger partial charge in [-0.2, -0.15) is 0 Å². The zero-order valence-corrected chi connectivity index (χ0v) is 12.8. The van der Waals surface area contributed by atoms with Crippen molar-refractivity contribution in [3.8, 4) is 0 Å². The van der Waals surface area contributed by atoms with Gasteiger partial charge in [0.2, 0.25) is 0 Å². The third-order valence-corrected chi connectivity index (χ3v) is 4.46. The molecule has 0 amide bonds. The first kappa shape index (κ1) is 14.3. The highest BCUT2D eigenvalue weighted by Crippen LogP contribution is 2.30. The van der Waals surface area contributed by atoms with Crippen molar-refractivity contribution in [3.05, 3.63) is 23.4 Å². The lowest BCUT2D eigenvalue weighted by molar-refractivity contribution is 0.340. The van der Waals surface area contributed by atoms with Gasteiger partial charge in [-0.05, 0) is 50.2 Å². The normalized spacial score (nSPS) is 23.1. The van der Waals surface area contributed by atoms with Crippen molar-refractivity contribution in [1.29, 1.82) is 0 Å². The maximum atomic E-state index is 5.87. The molecule has 1 heterocycles. The Morgan fingerprint density at radius 1 is 1.37 bits per heavy atom. The highest BCUT2D eigenvalue weighted by molar-refractivity contribution is 7.80. The number of nitrogens with two attached hydrogens (primary N) is 1. The number of nitrogens with zero attached hydrogens (tertiary/aromatic N) is 2. The molecule has 0 aromatic carbocycles. The SMILES string of the molecule is Cc1ccnc(N(C)C2CCC(C)CC2)c1C(N)=S. The molecule has 0 atom stereocenters. The summed E-state index contributed by atoms with van der Waals surface area (Å²) in [7, 11) is 2.12. The molecule has 0 aliphatic heterocycles. The lowest BCUT2D eigenvalue weighted by Gasteiger charge is -2.35. The summed E-state index contributed by atoms with van der Waals surface area (Å²) in [4.78, 5) is 7.23. The lowest BCUT2D eigenvalue weighted by Crippen LogP contribution is -2.36. The molecule has 0 unspecified atom stereocenters. The molecular weight excluding hydrogens is 254 g/mol. The Balaban J connectivity index is 2.26. The fourth-order valence-corrected chi connectivity index (χ4v) is 3.17. The van der Waals surface area contributed by atoms with Crippen molar-refractivity contribution in [3.63, 3.8) is 0 Å². The smallest absolute Gasteiger partial charge is 0.139 e. The molecule has 0 bridgehead atoms. The van der Waals surface area contributed by atoms with Crippen LogP contribution in [0.1, 0.15) is 43.7 Å². The number of anilines is 1. The van der Waals surface area contributed by atoms with Crippen LogP contribution in [0.2, 0.25) is 0 Å². The summed E-state index contributed by atoms with van der Waals surface area (Å²) < 4.78 is 0. The second-order valence-electron chi connectivity index (χ2n) is 5.72. The molecule has 0 spiro atoms. The van der Waals surface area contributed by atoms with E-state index >= 15 is 0 Å². The molecule has 1 aliphatic rings. The molecule has 2 rings (SSSR count). The quantitative estimate of drug-likeness (QED) is 0.862. The molecule has 3 nitrogen and oxygen atoms in total. The van der Waals surface area contributed by atoms with Crippen molar-refractivity contribution < 1.29 is 0 Å². The molecule has 4 heteroatoms. The average Bonchev–Trinajstić information content (AvgIpc) is 2.38. The summed E-state index contributed by atoms with van der Waals surface area (Å²) in [6, 6.07) is 2.52. The van der Waals surface area contributed by atoms with Gasteiger partial charge in [0.15, 0.2) is 0 Å². The summed E-state index contributed by atoms with van der Waals surface area (Å²) in [5.41, 5.74) is 7.90. The maximum Gasteiger partial charge on any atom is 0.139 e. The maximum absolute atomic E-state index is 5.87. The third-order valence-electron chi connectivity index (χ3n) is 4.25. The Morgan fingerprint density at radius 2 is 2.00 bits per heavy atom. The molecule has 0 radical (unpaired) electrons. The van der Waals surface area contributed by atoms with E-state index in [9.17, 15) is 0 Å².